The molecule has 0 unspecified atom stereocenters. The summed E-state index contributed by atoms with van der Waals surface area (Å²) in [6, 6.07) is 50.4. The van der Waals surface area contributed by atoms with Gasteiger partial charge in [0.2, 0.25) is 0 Å². The van der Waals surface area contributed by atoms with Crippen molar-refractivity contribution < 1.29 is 4.42 Å². The molecule has 0 atom stereocenters. The Morgan fingerprint density at radius 2 is 1.16 bits per heavy atom. The molecular formula is C40H23NOS. The second-order valence-corrected chi connectivity index (χ2v) is 12.3. The lowest BCUT2D eigenvalue weighted by molar-refractivity contribution is 0.670. The van der Waals surface area contributed by atoms with Gasteiger partial charge in [0, 0.05) is 58.4 Å². The summed E-state index contributed by atoms with van der Waals surface area (Å²) >= 11 is 1.90. The van der Waals surface area contributed by atoms with Gasteiger partial charge in [0.15, 0.2) is 0 Å². The van der Waals surface area contributed by atoms with Crippen LogP contribution in [0.1, 0.15) is 0 Å². The van der Waals surface area contributed by atoms with E-state index in [1.54, 1.807) is 0 Å². The van der Waals surface area contributed by atoms with Crippen LogP contribution in [0.25, 0.3) is 91.5 Å². The zero-order chi connectivity index (χ0) is 28.1. The Balaban J connectivity index is 1.19. The number of furan rings is 1. The molecule has 0 radical (unpaired) electrons. The molecule has 7 aromatic carbocycles. The second-order valence-electron chi connectivity index (χ2n) is 11.3. The average molecular weight is 566 g/mol. The van der Waals surface area contributed by atoms with E-state index in [1.807, 2.05) is 23.5 Å². The summed E-state index contributed by atoms with van der Waals surface area (Å²) in [6.45, 7) is 0. The fourth-order valence-corrected chi connectivity index (χ4v) is 8.33. The molecule has 0 N–H and O–H groups in total. The van der Waals surface area contributed by atoms with Crippen LogP contribution in [-0.2, 0) is 0 Å². The largest absolute Gasteiger partial charge is 0.455 e. The van der Waals surface area contributed by atoms with Gasteiger partial charge >= 0.3 is 0 Å². The Kier molecular flexibility index (Phi) is 4.63. The molecule has 0 amide bonds. The summed E-state index contributed by atoms with van der Waals surface area (Å²) < 4.78 is 11.5. The van der Waals surface area contributed by atoms with Crippen LogP contribution in [0, 0.1) is 0 Å². The van der Waals surface area contributed by atoms with Crippen LogP contribution in [0.4, 0.5) is 0 Å². The van der Waals surface area contributed by atoms with Gasteiger partial charge in [-0.1, -0.05) is 103 Å². The third kappa shape index (κ3) is 3.17. The number of hydrogen-bond donors (Lipinski definition) is 0. The molecule has 0 saturated heterocycles. The molecular weight excluding hydrogens is 543 g/mol. The first-order valence-electron chi connectivity index (χ1n) is 14.6. The highest BCUT2D eigenvalue weighted by atomic mass is 32.1. The molecule has 3 aromatic heterocycles. The zero-order valence-electron chi connectivity index (χ0n) is 23.0. The first-order valence-corrected chi connectivity index (χ1v) is 15.4. The second kappa shape index (κ2) is 8.57. The predicted molar refractivity (Wildman–Crippen MR) is 184 cm³/mol. The SMILES string of the molecule is c1ccc2c(c1)oc1c(-c3ccc(-n4c5ccccc5c5c6ccc7c8ccccc8sc7c6ccc54)cc3)cccc12. The number of benzene rings is 7. The van der Waals surface area contributed by atoms with E-state index >= 15 is 0 Å². The van der Waals surface area contributed by atoms with Gasteiger partial charge in [-0.05, 0) is 47.3 Å². The maximum Gasteiger partial charge on any atom is 0.143 e. The van der Waals surface area contributed by atoms with E-state index in [9.17, 15) is 0 Å². The minimum atomic E-state index is 0.923. The number of nitrogens with zero attached hydrogens (tertiary/aromatic N) is 1. The summed E-state index contributed by atoms with van der Waals surface area (Å²) in [7, 11) is 0. The van der Waals surface area contributed by atoms with E-state index in [-0.39, 0.29) is 0 Å². The molecule has 0 bridgehead atoms. The molecule has 2 nitrogen and oxygen atoms in total. The van der Waals surface area contributed by atoms with Crippen molar-refractivity contribution >= 4 is 86.0 Å². The number of fused-ring (bicyclic) bond motifs is 12. The third-order valence-corrected chi connectivity index (χ3v) is 10.2. The third-order valence-electron chi connectivity index (χ3n) is 9.01. The first-order chi connectivity index (χ1) is 21.3. The van der Waals surface area contributed by atoms with Gasteiger partial charge in [0.1, 0.15) is 11.2 Å². The van der Waals surface area contributed by atoms with Crippen molar-refractivity contribution in [3.05, 3.63) is 140 Å². The van der Waals surface area contributed by atoms with Gasteiger partial charge in [-0.2, -0.15) is 0 Å². The molecule has 0 aliphatic rings. The van der Waals surface area contributed by atoms with E-state index in [1.165, 1.54) is 52.8 Å². The van der Waals surface area contributed by atoms with Crippen LogP contribution >= 0.6 is 11.3 Å². The van der Waals surface area contributed by atoms with E-state index in [2.05, 4.69) is 132 Å². The van der Waals surface area contributed by atoms with Crippen LogP contribution < -0.4 is 0 Å². The molecule has 0 fully saturated rings. The molecule has 0 spiro atoms. The first kappa shape index (κ1) is 23.2. The fraction of sp³-hybridized carbons (Fsp3) is 0. The van der Waals surface area contributed by atoms with Crippen LogP contribution in [-0.4, -0.2) is 4.57 Å². The van der Waals surface area contributed by atoms with Crippen molar-refractivity contribution in [1.82, 2.24) is 4.57 Å². The number of thiophene rings is 1. The maximum absolute atomic E-state index is 6.34. The van der Waals surface area contributed by atoms with Crippen molar-refractivity contribution in [2.75, 3.05) is 0 Å². The summed E-state index contributed by atoms with van der Waals surface area (Å²) in [5, 5.41) is 10.2. The van der Waals surface area contributed by atoms with Crippen molar-refractivity contribution in [3.8, 4) is 16.8 Å². The predicted octanol–water partition coefficient (Wildman–Crippen LogP) is 11.9. The van der Waals surface area contributed by atoms with E-state index < -0.39 is 0 Å². The average Bonchev–Trinajstić information content (AvgIpc) is 3.74. The van der Waals surface area contributed by atoms with Crippen molar-refractivity contribution in [1.29, 1.82) is 0 Å². The summed E-state index contributed by atoms with van der Waals surface area (Å²) in [4.78, 5) is 0. The molecule has 0 saturated carbocycles. The van der Waals surface area contributed by atoms with Gasteiger partial charge in [-0.15, -0.1) is 11.3 Å². The Labute approximate surface area is 250 Å². The van der Waals surface area contributed by atoms with Crippen molar-refractivity contribution in [2.24, 2.45) is 0 Å². The lowest BCUT2D eigenvalue weighted by Gasteiger charge is -2.10. The number of hydrogen-bond acceptors (Lipinski definition) is 2. The van der Waals surface area contributed by atoms with Gasteiger partial charge < -0.3 is 8.98 Å². The van der Waals surface area contributed by atoms with Crippen LogP contribution in [0.15, 0.2) is 144 Å². The minimum Gasteiger partial charge on any atom is -0.455 e. The number of aromatic nitrogens is 1. The van der Waals surface area contributed by atoms with Gasteiger partial charge in [-0.25, -0.2) is 0 Å². The molecule has 10 rings (SSSR count). The highest BCUT2D eigenvalue weighted by Gasteiger charge is 2.18. The smallest absolute Gasteiger partial charge is 0.143 e. The molecule has 10 aromatic rings. The molecule has 200 valence electrons. The highest BCUT2D eigenvalue weighted by molar-refractivity contribution is 7.26. The van der Waals surface area contributed by atoms with Crippen LogP contribution in [0.3, 0.4) is 0 Å². The molecule has 43 heavy (non-hydrogen) atoms. The zero-order valence-corrected chi connectivity index (χ0v) is 23.9. The normalized spacial score (nSPS) is 12.2. The maximum atomic E-state index is 6.34. The van der Waals surface area contributed by atoms with E-state index in [0.29, 0.717) is 0 Å². The number of rotatable bonds is 2. The lowest BCUT2D eigenvalue weighted by Crippen LogP contribution is -1.93. The number of para-hydroxylation sites is 3. The Hall–Kier alpha value is -5.38. The Morgan fingerprint density at radius 1 is 0.465 bits per heavy atom. The Morgan fingerprint density at radius 3 is 2.07 bits per heavy atom. The van der Waals surface area contributed by atoms with Gasteiger partial charge in [0.05, 0.1) is 11.0 Å². The summed E-state index contributed by atoms with van der Waals surface area (Å²) in [5.74, 6) is 0. The van der Waals surface area contributed by atoms with E-state index in [4.69, 9.17) is 4.42 Å². The topological polar surface area (TPSA) is 18.1 Å². The highest BCUT2D eigenvalue weighted by Crippen LogP contribution is 2.43. The van der Waals surface area contributed by atoms with Crippen molar-refractivity contribution in [3.63, 3.8) is 0 Å². The summed E-state index contributed by atoms with van der Waals surface area (Å²) in [5.41, 5.74) is 7.70. The summed E-state index contributed by atoms with van der Waals surface area (Å²) in [6.07, 6.45) is 0. The molecule has 0 aliphatic heterocycles. The molecule has 0 aliphatic carbocycles. The van der Waals surface area contributed by atoms with Gasteiger partial charge in [-0.3, -0.25) is 0 Å². The van der Waals surface area contributed by atoms with Gasteiger partial charge in [0.25, 0.3) is 0 Å². The fourth-order valence-electron chi connectivity index (χ4n) is 7.10. The van der Waals surface area contributed by atoms with Crippen LogP contribution in [0.2, 0.25) is 0 Å². The van der Waals surface area contributed by atoms with Crippen LogP contribution in [0.5, 0.6) is 0 Å². The molecule has 3 heteroatoms. The Bertz CT molecular complexity index is 2720. The van der Waals surface area contributed by atoms with E-state index in [0.717, 1.165) is 38.8 Å². The lowest BCUT2D eigenvalue weighted by atomic mass is 10.0. The minimum absolute atomic E-state index is 0.923. The molecule has 3 heterocycles. The van der Waals surface area contributed by atoms with Crippen molar-refractivity contribution in [2.45, 2.75) is 0 Å². The monoisotopic (exact) mass is 565 g/mol. The quantitative estimate of drug-likeness (QED) is 0.204. The standard InChI is InChI=1S/C40H23NOS/c1-4-13-34-33(10-1)38-29-20-21-31-28-9-3-6-15-37(28)43-40(31)32(29)22-23-35(38)41(34)25-18-16-24(17-19-25)26-11-7-12-30-27-8-2-5-14-36(27)42-39(26)30/h1-23H.